The molecule has 2 rings (SSSR count). The minimum atomic E-state index is -3.22. The zero-order valence-electron chi connectivity index (χ0n) is 17.5. The Morgan fingerprint density at radius 1 is 0.724 bits per heavy atom. The molecule has 0 N–H and O–H groups in total. The van der Waals surface area contributed by atoms with Crippen molar-refractivity contribution in [3.63, 3.8) is 0 Å². The summed E-state index contributed by atoms with van der Waals surface area (Å²) in [7, 11) is 0.515. The van der Waals surface area contributed by atoms with E-state index in [4.69, 9.17) is 0 Å². The lowest BCUT2D eigenvalue weighted by Crippen LogP contribution is -2.33. The quantitative estimate of drug-likeness (QED) is 0.577. The van der Waals surface area contributed by atoms with Gasteiger partial charge in [-0.05, 0) is 63.3 Å². The third-order valence-corrected chi connectivity index (χ3v) is 7.15. The molecule has 0 amide bonds. The van der Waals surface area contributed by atoms with Gasteiger partial charge < -0.3 is 0 Å². The maximum Gasteiger partial charge on any atom is 0.152 e. The van der Waals surface area contributed by atoms with Crippen LogP contribution in [0.5, 0.6) is 0 Å². The highest BCUT2D eigenvalue weighted by Gasteiger charge is 2.19. The fourth-order valence-corrected chi connectivity index (χ4v) is 4.38. The standard InChI is InChI=1S/C22H30F2N2O2S/c1-17(19-5-9-21(23)10-6-19)25(3)13-15-29(27,28)16-14-26(4)18(2)20-7-11-22(24)12-8-20/h5-12,17-18H,13-16H2,1-4H3/t17-,18-/m1/s1. The van der Waals surface area contributed by atoms with E-state index < -0.39 is 9.84 Å². The zero-order valence-corrected chi connectivity index (χ0v) is 18.3. The number of rotatable bonds is 10. The molecular formula is C22H30F2N2O2S. The molecule has 0 fully saturated rings. The molecule has 160 valence electrons. The molecule has 0 aliphatic heterocycles. The van der Waals surface area contributed by atoms with Crippen LogP contribution in [0.2, 0.25) is 0 Å². The van der Waals surface area contributed by atoms with E-state index in [-0.39, 0.29) is 35.2 Å². The van der Waals surface area contributed by atoms with Crippen molar-refractivity contribution >= 4 is 9.84 Å². The second-order valence-corrected chi connectivity index (χ2v) is 9.87. The molecule has 2 aromatic rings. The molecule has 0 aliphatic carbocycles. The van der Waals surface area contributed by atoms with Crippen LogP contribution in [0, 0.1) is 11.6 Å². The van der Waals surface area contributed by atoms with Crippen molar-refractivity contribution in [3.8, 4) is 0 Å². The summed E-state index contributed by atoms with van der Waals surface area (Å²) in [6.45, 7) is 4.74. The van der Waals surface area contributed by atoms with Gasteiger partial charge in [-0.2, -0.15) is 0 Å². The number of nitrogens with zero attached hydrogens (tertiary/aromatic N) is 2. The smallest absolute Gasteiger partial charge is 0.152 e. The molecule has 7 heteroatoms. The average molecular weight is 425 g/mol. The predicted molar refractivity (Wildman–Crippen MR) is 114 cm³/mol. The van der Waals surface area contributed by atoms with Gasteiger partial charge in [-0.25, -0.2) is 17.2 Å². The molecule has 0 unspecified atom stereocenters. The van der Waals surface area contributed by atoms with Gasteiger partial charge in [-0.1, -0.05) is 24.3 Å². The highest BCUT2D eigenvalue weighted by atomic mass is 32.2. The summed E-state index contributed by atoms with van der Waals surface area (Å²) in [4.78, 5) is 3.91. The van der Waals surface area contributed by atoms with Gasteiger partial charge in [0.2, 0.25) is 0 Å². The second kappa shape index (κ2) is 10.3. The van der Waals surface area contributed by atoms with E-state index in [1.165, 1.54) is 24.3 Å². The second-order valence-electron chi connectivity index (χ2n) is 7.57. The topological polar surface area (TPSA) is 40.6 Å². The van der Waals surface area contributed by atoms with Gasteiger partial charge in [0.25, 0.3) is 0 Å². The Morgan fingerprint density at radius 2 is 1.03 bits per heavy atom. The van der Waals surface area contributed by atoms with E-state index in [0.717, 1.165) is 11.1 Å². The van der Waals surface area contributed by atoms with E-state index in [2.05, 4.69) is 0 Å². The van der Waals surface area contributed by atoms with Crippen molar-refractivity contribution in [2.75, 3.05) is 38.7 Å². The Kier molecular flexibility index (Phi) is 8.31. The molecule has 2 atom stereocenters. The monoisotopic (exact) mass is 424 g/mol. The largest absolute Gasteiger partial charge is 0.299 e. The number of hydrogen-bond donors (Lipinski definition) is 0. The molecule has 0 saturated carbocycles. The van der Waals surface area contributed by atoms with Crippen molar-refractivity contribution in [2.45, 2.75) is 25.9 Å². The molecule has 0 bridgehead atoms. The van der Waals surface area contributed by atoms with Crippen LogP contribution in [-0.2, 0) is 9.84 Å². The van der Waals surface area contributed by atoms with Crippen molar-refractivity contribution in [1.29, 1.82) is 0 Å². The van der Waals surface area contributed by atoms with Gasteiger partial charge in [0.05, 0.1) is 11.5 Å². The molecule has 0 aliphatic rings. The summed E-state index contributed by atoms with van der Waals surface area (Å²) < 4.78 is 51.1. The molecule has 0 radical (unpaired) electrons. The molecule has 0 spiro atoms. The number of hydrogen-bond acceptors (Lipinski definition) is 4. The zero-order chi connectivity index (χ0) is 21.6. The Bertz CT molecular complexity index is 803. The SMILES string of the molecule is C[C@H](c1ccc(F)cc1)N(C)CCS(=O)(=O)CCN(C)[C@H](C)c1ccc(F)cc1. The molecule has 2 aromatic carbocycles. The van der Waals surface area contributed by atoms with Gasteiger partial charge in [0, 0.05) is 25.2 Å². The molecule has 4 nitrogen and oxygen atoms in total. The first-order chi connectivity index (χ1) is 13.6. The molecule has 29 heavy (non-hydrogen) atoms. The normalized spacial score (nSPS) is 14.3. The Morgan fingerprint density at radius 3 is 1.34 bits per heavy atom. The highest BCUT2D eigenvalue weighted by Crippen LogP contribution is 2.20. The number of benzene rings is 2. The molecule has 0 aromatic heterocycles. The van der Waals surface area contributed by atoms with Crippen molar-refractivity contribution in [3.05, 3.63) is 71.3 Å². The summed E-state index contributed by atoms with van der Waals surface area (Å²) in [6.07, 6.45) is 0. The molecule has 0 heterocycles. The first kappa shape index (κ1) is 23.4. The minimum absolute atomic E-state index is 0.00743. The van der Waals surface area contributed by atoms with Crippen LogP contribution in [0.4, 0.5) is 8.78 Å². The molecular weight excluding hydrogens is 394 g/mol. The van der Waals surface area contributed by atoms with Crippen LogP contribution in [0.15, 0.2) is 48.5 Å². The Balaban J connectivity index is 1.84. The van der Waals surface area contributed by atoms with Crippen LogP contribution in [-0.4, -0.2) is 56.9 Å². The van der Waals surface area contributed by atoms with Gasteiger partial charge in [0.15, 0.2) is 9.84 Å². The fraction of sp³-hybridized carbons (Fsp3) is 0.455. The van der Waals surface area contributed by atoms with Crippen LogP contribution in [0.1, 0.15) is 37.1 Å². The lowest BCUT2D eigenvalue weighted by Gasteiger charge is -2.26. The maximum absolute atomic E-state index is 13.1. The van der Waals surface area contributed by atoms with Gasteiger partial charge in [0.1, 0.15) is 11.6 Å². The first-order valence-corrected chi connectivity index (χ1v) is 11.5. The van der Waals surface area contributed by atoms with Crippen LogP contribution < -0.4 is 0 Å². The van der Waals surface area contributed by atoms with Gasteiger partial charge >= 0.3 is 0 Å². The summed E-state index contributed by atoms with van der Waals surface area (Å²) in [5, 5.41) is 0. The third-order valence-electron chi connectivity index (χ3n) is 5.54. The average Bonchev–Trinajstić information content (AvgIpc) is 2.70. The Labute approximate surface area is 173 Å². The third kappa shape index (κ3) is 7.17. The van der Waals surface area contributed by atoms with Crippen molar-refractivity contribution in [1.82, 2.24) is 9.80 Å². The van der Waals surface area contributed by atoms with Crippen LogP contribution in [0.3, 0.4) is 0 Å². The summed E-state index contributed by atoms with van der Waals surface area (Å²) in [5.74, 6) is -0.447. The van der Waals surface area contributed by atoms with E-state index in [9.17, 15) is 17.2 Å². The molecule has 0 saturated heterocycles. The van der Waals surface area contributed by atoms with Gasteiger partial charge in [-0.15, -0.1) is 0 Å². The van der Waals surface area contributed by atoms with E-state index >= 15 is 0 Å². The van der Waals surface area contributed by atoms with E-state index in [1.54, 1.807) is 24.3 Å². The summed E-state index contributed by atoms with van der Waals surface area (Å²) >= 11 is 0. The fourth-order valence-electron chi connectivity index (χ4n) is 3.05. The van der Waals surface area contributed by atoms with Gasteiger partial charge in [-0.3, -0.25) is 9.80 Å². The van der Waals surface area contributed by atoms with Crippen LogP contribution in [0.25, 0.3) is 0 Å². The minimum Gasteiger partial charge on any atom is -0.299 e. The highest BCUT2D eigenvalue weighted by molar-refractivity contribution is 7.91. The van der Waals surface area contributed by atoms with Crippen molar-refractivity contribution < 1.29 is 17.2 Å². The lowest BCUT2D eigenvalue weighted by molar-refractivity contribution is 0.272. The summed E-state index contributed by atoms with van der Waals surface area (Å²) in [5.41, 5.74) is 1.89. The van der Waals surface area contributed by atoms with Crippen molar-refractivity contribution in [2.24, 2.45) is 0 Å². The first-order valence-electron chi connectivity index (χ1n) is 9.71. The lowest BCUT2D eigenvalue weighted by atomic mass is 10.1. The predicted octanol–water partition coefficient (Wildman–Crippen LogP) is 4.07. The number of halogens is 2. The Hall–Kier alpha value is -1.83. The van der Waals surface area contributed by atoms with Crippen LogP contribution >= 0.6 is 0 Å². The van der Waals surface area contributed by atoms with E-state index in [0.29, 0.717) is 13.1 Å². The summed E-state index contributed by atoms with van der Waals surface area (Å²) in [6, 6.07) is 12.5. The van der Waals surface area contributed by atoms with E-state index in [1.807, 2.05) is 37.7 Å². The number of sulfone groups is 1. The maximum atomic E-state index is 13.1.